The first-order chi connectivity index (χ1) is 12.1. The van der Waals surface area contributed by atoms with E-state index in [0.717, 1.165) is 48.1 Å². The molecule has 1 N–H and O–H groups in total. The van der Waals surface area contributed by atoms with Gasteiger partial charge in [0.05, 0.1) is 5.56 Å². The van der Waals surface area contributed by atoms with E-state index in [4.69, 9.17) is 0 Å². The molecule has 0 unspecified atom stereocenters. The number of anilines is 1. The Morgan fingerprint density at radius 3 is 2.52 bits per heavy atom. The molecule has 2 amide bonds. The van der Waals surface area contributed by atoms with E-state index in [9.17, 15) is 9.59 Å². The van der Waals surface area contributed by atoms with Gasteiger partial charge in [-0.2, -0.15) is 0 Å². The number of hydrogen-bond acceptors (Lipinski definition) is 3. The van der Waals surface area contributed by atoms with Crippen LogP contribution in [0.15, 0.2) is 47.2 Å². The zero-order valence-corrected chi connectivity index (χ0v) is 15.5. The number of nitrogens with zero attached hydrogens (tertiary/aromatic N) is 2. The molecule has 130 valence electrons. The van der Waals surface area contributed by atoms with Crippen LogP contribution in [0.2, 0.25) is 0 Å². The first kappa shape index (κ1) is 17.6. The van der Waals surface area contributed by atoms with Crippen molar-refractivity contribution < 1.29 is 9.59 Å². The van der Waals surface area contributed by atoms with Gasteiger partial charge in [-0.25, -0.2) is 0 Å². The van der Waals surface area contributed by atoms with Crippen molar-refractivity contribution in [3.63, 3.8) is 0 Å². The van der Waals surface area contributed by atoms with Crippen LogP contribution >= 0.6 is 15.9 Å². The number of rotatable bonds is 5. The Balaban J connectivity index is 1.53. The molecule has 1 aromatic carbocycles. The summed E-state index contributed by atoms with van der Waals surface area (Å²) in [5.41, 5.74) is 2.31. The number of amides is 2. The van der Waals surface area contributed by atoms with Gasteiger partial charge in [0.1, 0.15) is 0 Å². The summed E-state index contributed by atoms with van der Waals surface area (Å²) in [5, 5.41) is 2.85. The first-order valence-electron chi connectivity index (χ1n) is 8.40. The van der Waals surface area contributed by atoms with Gasteiger partial charge >= 0.3 is 0 Å². The number of aryl methyl sites for hydroxylation is 1. The van der Waals surface area contributed by atoms with E-state index in [-0.39, 0.29) is 11.8 Å². The summed E-state index contributed by atoms with van der Waals surface area (Å²) in [4.78, 5) is 30.2. The molecule has 1 aliphatic heterocycles. The molecule has 5 nitrogen and oxygen atoms in total. The summed E-state index contributed by atoms with van der Waals surface area (Å²) in [6.45, 7) is 1.79. The van der Waals surface area contributed by atoms with Crippen molar-refractivity contribution in [1.82, 2.24) is 9.88 Å². The van der Waals surface area contributed by atoms with Crippen LogP contribution in [0.5, 0.6) is 0 Å². The van der Waals surface area contributed by atoms with E-state index < -0.39 is 0 Å². The minimum absolute atomic E-state index is 0.203. The smallest absolute Gasteiger partial charge is 0.257 e. The van der Waals surface area contributed by atoms with Gasteiger partial charge in [0.25, 0.3) is 5.91 Å². The van der Waals surface area contributed by atoms with E-state index >= 15 is 0 Å². The Labute approximate surface area is 155 Å². The van der Waals surface area contributed by atoms with Crippen LogP contribution in [0.4, 0.5) is 5.69 Å². The van der Waals surface area contributed by atoms with Gasteiger partial charge in [-0.3, -0.25) is 14.6 Å². The zero-order valence-electron chi connectivity index (χ0n) is 13.9. The summed E-state index contributed by atoms with van der Waals surface area (Å²) in [6.07, 6.45) is 6.66. The van der Waals surface area contributed by atoms with E-state index in [1.165, 1.54) is 6.20 Å². The maximum absolute atomic E-state index is 12.2. The number of carbonyl (C=O) groups excluding carboxylic acids is 2. The molecule has 6 heteroatoms. The van der Waals surface area contributed by atoms with Crippen molar-refractivity contribution >= 4 is 33.4 Å². The third kappa shape index (κ3) is 4.89. The van der Waals surface area contributed by atoms with Gasteiger partial charge in [-0.1, -0.05) is 12.1 Å². The standard InChI is InChI=1S/C19H20BrN3O2/c20-16-11-15(12-21-13-16)19(25)22-17-6-3-14(4-7-17)5-8-18(24)23-9-1-2-10-23/h3-4,6-7,11-13H,1-2,5,8-10H2,(H,22,25). The molecule has 0 radical (unpaired) electrons. The molecule has 2 heterocycles. The Hall–Kier alpha value is -2.21. The number of likely N-dealkylation sites (tertiary alicyclic amines) is 1. The number of pyridine rings is 1. The van der Waals surface area contributed by atoms with Crippen molar-refractivity contribution in [1.29, 1.82) is 0 Å². The van der Waals surface area contributed by atoms with Crippen LogP contribution in [-0.4, -0.2) is 34.8 Å². The molecule has 1 aromatic heterocycles. The fraction of sp³-hybridized carbons (Fsp3) is 0.316. The minimum atomic E-state index is -0.203. The number of nitrogens with one attached hydrogen (secondary N) is 1. The molecule has 1 saturated heterocycles. The van der Waals surface area contributed by atoms with Gasteiger partial charge in [-0.15, -0.1) is 0 Å². The number of aromatic nitrogens is 1. The minimum Gasteiger partial charge on any atom is -0.343 e. The SMILES string of the molecule is O=C(Nc1ccc(CCC(=O)N2CCCC2)cc1)c1cncc(Br)c1. The Morgan fingerprint density at radius 1 is 1.12 bits per heavy atom. The van der Waals surface area contributed by atoms with Crippen LogP contribution < -0.4 is 5.32 Å². The fourth-order valence-electron chi connectivity index (χ4n) is 2.87. The Bertz CT molecular complexity index is 756. The highest BCUT2D eigenvalue weighted by Gasteiger charge is 2.17. The topological polar surface area (TPSA) is 62.3 Å². The lowest BCUT2D eigenvalue weighted by molar-refractivity contribution is -0.130. The van der Waals surface area contributed by atoms with Crippen molar-refractivity contribution in [2.75, 3.05) is 18.4 Å². The average Bonchev–Trinajstić information content (AvgIpc) is 3.15. The second-order valence-electron chi connectivity index (χ2n) is 6.13. The summed E-state index contributed by atoms with van der Waals surface area (Å²) >= 11 is 3.31. The molecule has 3 rings (SSSR count). The average molecular weight is 402 g/mol. The second-order valence-corrected chi connectivity index (χ2v) is 7.05. The second kappa shape index (κ2) is 8.25. The van der Waals surface area contributed by atoms with Gasteiger partial charge < -0.3 is 10.2 Å². The predicted octanol–water partition coefficient (Wildman–Crippen LogP) is 3.65. The lowest BCUT2D eigenvalue weighted by Gasteiger charge is -2.15. The molecule has 25 heavy (non-hydrogen) atoms. The number of benzene rings is 1. The molecule has 0 atom stereocenters. The number of halogens is 1. The molecule has 0 bridgehead atoms. The maximum atomic E-state index is 12.2. The van der Waals surface area contributed by atoms with Gasteiger partial charge in [0.2, 0.25) is 5.91 Å². The number of hydrogen-bond donors (Lipinski definition) is 1. The van der Waals surface area contributed by atoms with Crippen molar-refractivity contribution in [3.8, 4) is 0 Å². The highest BCUT2D eigenvalue weighted by atomic mass is 79.9. The molecular weight excluding hydrogens is 382 g/mol. The third-order valence-electron chi connectivity index (χ3n) is 4.27. The first-order valence-corrected chi connectivity index (χ1v) is 9.20. The molecule has 1 aliphatic rings. The van der Waals surface area contributed by atoms with Crippen LogP contribution in [0.3, 0.4) is 0 Å². The quantitative estimate of drug-likeness (QED) is 0.831. The lowest BCUT2D eigenvalue weighted by atomic mass is 10.1. The zero-order chi connectivity index (χ0) is 17.6. The fourth-order valence-corrected chi connectivity index (χ4v) is 3.23. The van der Waals surface area contributed by atoms with Crippen molar-refractivity contribution in [3.05, 3.63) is 58.3 Å². The maximum Gasteiger partial charge on any atom is 0.257 e. The Kier molecular flexibility index (Phi) is 5.81. The normalized spacial score (nSPS) is 13.7. The third-order valence-corrected chi connectivity index (χ3v) is 4.70. The summed E-state index contributed by atoms with van der Waals surface area (Å²) < 4.78 is 0.762. The summed E-state index contributed by atoms with van der Waals surface area (Å²) in [7, 11) is 0. The molecule has 1 fully saturated rings. The van der Waals surface area contributed by atoms with Crippen molar-refractivity contribution in [2.24, 2.45) is 0 Å². The largest absolute Gasteiger partial charge is 0.343 e. The van der Waals surface area contributed by atoms with Crippen LogP contribution in [0.1, 0.15) is 35.2 Å². The van der Waals surface area contributed by atoms with Gasteiger partial charge in [0.15, 0.2) is 0 Å². The highest BCUT2D eigenvalue weighted by Crippen LogP contribution is 2.16. The van der Waals surface area contributed by atoms with E-state index in [1.807, 2.05) is 29.2 Å². The van der Waals surface area contributed by atoms with Crippen molar-refractivity contribution in [2.45, 2.75) is 25.7 Å². The van der Waals surface area contributed by atoms with Crippen LogP contribution in [-0.2, 0) is 11.2 Å². The number of carbonyl (C=O) groups is 2. The molecule has 2 aromatic rings. The Morgan fingerprint density at radius 2 is 1.84 bits per heavy atom. The highest BCUT2D eigenvalue weighted by molar-refractivity contribution is 9.10. The molecule has 0 spiro atoms. The van der Waals surface area contributed by atoms with E-state index in [0.29, 0.717) is 12.0 Å². The van der Waals surface area contributed by atoms with Gasteiger partial charge in [-0.05, 0) is 59.0 Å². The van der Waals surface area contributed by atoms with Gasteiger partial charge in [0, 0.05) is 42.1 Å². The van der Waals surface area contributed by atoms with E-state index in [1.54, 1.807) is 12.3 Å². The molecule has 0 saturated carbocycles. The monoisotopic (exact) mass is 401 g/mol. The van der Waals surface area contributed by atoms with Crippen LogP contribution in [0, 0.1) is 0 Å². The van der Waals surface area contributed by atoms with Crippen LogP contribution in [0.25, 0.3) is 0 Å². The van der Waals surface area contributed by atoms with E-state index in [2.05, 4.69) is 26.2 Å². The predicted molar refractivity (Wildman–Crippen MR) is 100 cm³/mol. The summed E-state index contributed by atoms with van der Waals surface area (Å²) in [5.74, 6) is 0.0304. The molecular formula is C19H20BrN3O2. The lowest BCUT2D eigenvalue weighted by Crippen LogP contribution is -2.27. The summed E-state index contributed by atoms with van der Waals surface area (Å²) in [6, 6.07) is 9.34. The molecule has 0 aliphatic carbocycles.